The molecule has 144 valence electrons. The van der Waals surface area contributed by atoms with Crippen LogP contribution in [0.15, 0.2) is 0 Å². The molecule has 0 heterocycles. The molecule has 2 nitrogen and oxygen atoms in total. The van der Waals surface area contributed by atoms with Gasteiger partial charge in [-0.2, -0.15) is 0 Å². The second-order valence-electron chi connectivity index (χ2n) is 12.0. The van der Waals surface area contributed by atoms with Crippen LogP contribution >= 0.6 is 0 Å². The van der Waals surface area contributed by atoms with E-state index in [4.69, 9.17) is 0 Å². The lowest BCUT2D eigenvalue weighted by Crippen LogP contribution is -2.58. The molecule has 0 amide bonds. The van der Waals surface area contributed by atoms with Crippen molar-refractivity contribution in [1.29, 1.82) is 0 Å². The van der Waals surface area contributed by atoms with Gasteiger partial charge in [-0.3, -0.25) is 0 Å². The predicted octanol–water partition coefficient (Wildman–Crippen LogP) is 4.84. The molecule has 2 heteroatoms. The highest BCUT2D eigenvalue weighted by Crippen LogP contribution is 2.68. The van der Waals surface area contributed by atoms with Crippen molar-refractivity contribution in [3.8, 4) is 0 Å². The third-order valence-electron chi connectivity index (χ3n) is 10.4. The van der Waals surface area contributed by atoms with E-state index < -0.39 is 0 Å². The third kappa shape index (κ3) is 2.23. The minimum atomic E-state index is 0.136. The first-order valence-electron chi connectivity index (χ1n) is 11.7. The number of aliphatic hydroxyl groups is 1. The SMILES string of the molecule is O=CC(C(CO)C12CC3CC(CC(C3)C1)C2)C12CC3CC(CC(C3)C1)C2. The Morgan fingerprint density at radius 3 is 1.35 bits per heavy atom. The number of hydrogen-bond acceptors (Lipinski definition) is 2. The summed E-state index contributed by atoms with van der Waals surface area (Å²) in [6.45, 7) is 0.261. The molecule has 0 aromatic rings. The largest absolute Gasteiger partial charge is 0.396 e. The predicted molar refractivity (Wildman–Crippen MR) is 101 cm³/mol. The van der Waals surface area contributed by atoms with E-state index in [1.165, 1.54) is 83.3 Å². The summed E-state index contributed by atoms with van der Waals surface area (Å²) in [5, 5.41) is 10.6. The zero-order chi connectivity index (χ0) is 17.5. The molecular weight excluding hydrogens is 320 g/mol. The second kappa shape index (κ2) is 5.58. The quantitative estimate of drug-likeness (QED) is 0.716. The van der Waals surface area contributed by atoms with E-state index in [-0.39, 0.29) is 23.9 Å². The number of hydrogen-bond donors (Lipinski definition) is 1. The third-order valence-corrected chi connectivity index (χ3v) is 10.4. The average Bonchev–Trinajstić information content (AvgIpc) is 2.56. The lowest BCUT2D eigenvalue weighted by atomic mass is 9.40. The van der Waals surface area contributed by atoms with Gasteiger partial charge in [0, 0.05) is 12.5 Å². The summed E-state index contributed by atoms with van der Waals surface area (Å²) in [6, 6.07) is 0. The van der Waals surface area contributed by atoms with Gasteiger partial charge in [-0.05, 0) is 129 Å². The maximum Gasteiger partial charge on any atom is 0.124 e. The molecule has 8 rings (SSSR count). The molecule has 0 radical (unpaired) electrons. The number of carbonyl (C=O) groups excluding carboxylic acids is 1. The van der Waals surface area contributed by atoms with Crippen molar-refractivity contribution >= 4 is 6.29 Å². The summed E-state index contributed by atoms with van der Waals surface area (Å²) in [5.41, 5.74) is 0.561. The molecular formula is C24H36O2. The van der Waals surface area contributed by atoms with Gasteiger partial charge in [-0.1, -0.05) is 0 Å². The van der Waals surface area contributed by atoms with Gasteiger partial charge in [-0.15, -0.1) is 0 Å². The Balaban J connectivity index is 1.35. The zero-order valence-corrected chi connectivity index (χ0v) is 16.2. The number of aliphatic hydroxyl groups excluding tert-OH is 1. The van der Waals surface area contributed by atoms with E-state index in [9.17, 15) is 9.90 Å². The lowest BCUT2D eigenvalue weighted by molar-refractivity contribution is -0.167. The molecule has 0 saturated heterocycles. The molecule has 1 N–H and O–H groups in total. The van der Waals surface area contributed by atoms with Crippen LogP contribution in [0.25, 0.3) is 0 Å². The summed E-state index contributed by atoms with van der Waals surface area (Å²) in [7, 11) is 0. The highest BCUT2D eigenvalue weighted by molar-refractivity contribution is 5.56. The van der Waals surface area contributed by atoms with Gasteiger partial charge in [0.15, 0.2) is 0 Å². The molecule has 0 aromatic carbocycles. The van der Waals surface area contributed by atoms with Gasteiger partial charge in [0.1, 0.15) is 6.29 Å². The molecule has 8 saturated carbocycles. The zero-order valence-electron chi connectivity index (χ0n) is 16.2. The Bertz CT molecular complexity index is 522. The Morgan fingerprint density at radius 2 is 1.04 bits per heavy atom. The molecule has 8 aliphatic rings. The summed E-state index contributed by atoms with van der Waals surface area (Å²) >= 11 is 0. The van der Waals surface area contributed by atoms with Crippen LogP contribution in [0.3, 0.4) is 0 Å². The maximum atomic E-state index is 12.6. The van der Waals surface area contributed by atoms with E-state index in [1.54, 1.807) is 0 Å². The van der Waals surface area contributed by atoms with Gasteiger partial charge in [0.25, 0.3) is 0 Å². The normalized spacial score (nSPS) is 55.9. The van der Waals surface area contributed by atoms with Crippen LogP contribution in [0.4, 0.5) is 0 Å². The van der Waals surface area contributed by atoms with Crippen LogP contribution in [0.1, 0.15) is 77.0 Å². The Hall–Kier alpha value is -0.370. The molecule has 0 aliphatic heterocycles. The smallest absolute Gasteiger partial charge is 0.124 e. The van der Waals surface area contributed by atoms with Crippen molar-refractivity contribution in [1.82, 2.24) is 0 Å². The van der Waals surface area contributed by atoms with Crippen molar-refractivity contribution in [3.63, 3.8) is 0 Å². The Kier molecular flexibility index (Phi) is 3.56. The molecule has 8 fully saturated rings. The van der Waals surface area contributed by atoms with Gasteiger partial charge < -0.3 is 9.90 Å². The van der Waals surface area contributed by atoms with Crippen molar-refractivity contribution in [2.75, 3.05) is 6.61 Å². The second-order valence-corrected chi connectivity index (χ2v) is 12.0. The first-order valence-corrected chi connectivity index (χ1v) is 11.7. The Labute approximate surface area is 158 Å². The maximum absolute atomic E-state index is 12.6. The average molecular weight is 357 g/mol. The highest BCUT2D eigenvalue weighted by Gasteiger charge is 2.61. The van der Waals surface area contributed by atoms with Crippen LogP contribution in [-0.4, -0.2) is 18.0 Å². The molecule has 0 spiro atoms. The van der Waals surface area contributed by atoms with E-state index in [1.807, 2.05) is 0 Å². The topological polar surface area (TPSA) is 37.3 Å². The summed E-state index contributed by atoms with van der Waals surface area (Å²) in [5.74, 6) is 5.76. The molecule has 26 heavy (non-hydrogen) atoms. The summed E-state index contributed by atoms with van der Waals surface area (Å²) < 4.78 is 0. The minimum Gasteiger partial charge on any atom is -0.396 e. The summed E-state index contributed by atoms with van der Waals surface area (Å²) in [4.78, 5) is 12.6. The number of rotatable bonds is 5. The number of carbonyl (C=O) groups is 1. The molecule has 2 atom stereocenters. The van der Waals surface area contributed by atoms with Gasteiger partial charge in [-0.25, -0.2) is 0 Å². The van der Waals surface area contributed by atoms with Crippen LogP contribution in [0.2, 0.25) is 0 Å². The van der Waals surface area contributed by atoms with Crippen molar-refractivity contribution in [2.24, 2.45) is 58.2 Å². The van der Waals surface area contributed by atoms with Crippen LogP contribution in [0, 0.1) is 58.2 Å². The summed E-state index contributed by atoms with van der Waals surface area (Å²) in [6.07, 6.45) is 17.8. The number of aldehydes is 1. The van der Waals surface area contributed by atoms with Crippen molar-refractivity contribution in [3.05, 3.63) is 0 Å². The van der Waals surface area contributed by atoms with Crippen molar-refractivity contribution in [2.45, 2.75) is 77.0 Å². The van der Waals surface area contributed by atoms with Gasteiger partial charge >= 0.3 is 0 Å². The fourth-order valence-electron chi connectivity index (χ4n) is 10.6. The van der Waals surface area contributed by atoms with Gasteiger partial charge in [0.2, 0.25) is 0 Å². The van der Waals surface area contributed by atoms with E-state index in [0.29, 0.717) is 5.41 Å². The highest BCUT2D eigenvalue weighted by atomic mass is 16.3. The van der Waals surface area contributed by atoms with Gasteiger partial charge in [0.05, 0.1) is 0 Å². The standard InChI is InChI=1S/C24H36O2/c25-13-21(23-7-15-1-16(8-23)3-17(2-15)9-23)22(14-26)24-10-18-4-19(11-24)6-20(5-18)12-24/h13,15-22,26H,1-12,14H2. The molecule has 0 aromatic heterocycles. The van der Waals surface area contributed by atoms with Crippen LogP contribution in [0.5, 0.6) is 0 Å². The fourth-order valence-corrected chi connectivity index (χ4v) is 10.6. The van der Waals surface area contributed by atoms with Crippen LogP contribution < -0.4 is 0 Å². The lowest BCUT2D eigenvalue weighted by Gasteiger charge is -2.64. The van der Waals surface area contributed by atoms with Crippen molar-refractivity contribution < 1.29 is 9.90 Å². The molecule has 8 aliphatic carbocycles. The first kappa shape index (κ1) is 16.6. The minimum absolute atomic E-state index is 0.136. The Morgan fingerprint density at radius 1 is 0.692 bits per heavy atom. The molecule has 2 unspecified atom stereocenters. The van der Waals surface area contributed by atoms with E-state index in [0.717, 1.165) is 35.5 Å². The van der Waals surface area contributed by atoms with Crippen LogP contribution in [-0.2, 0) is 4.79 Å². The molecule has 8 bridgehead atoms. The monoisotopic (exact) mass is 356 g/mol. The fraction of sp³-hybridized carbons (Fsp3) is 0.958. The first-order chi connectivity index (χ1) is 12.6. The van der Waals surface area contributed by atoms with E-state index in [2.05, 4.69) is 0 Å². The van der Waals surface area contributed by atoms with E-state index >= 15 is 0 Å².